The molecule has 2 heteroatoms. The highest BCUT2D eigenvalue weighted by molar-refractivity contribution is 5.75. The number of hydrogen-bond acceptors (Lipinski definition) is 1. The van der Waals surface area contributed by atoms with Gasteiger partial charge in [0.2, 0.25) is 0 Å². The van der Waals surface area contributed by atoms with Gasteiger partial charge in [-0.1, -0.05) is 41.5 Å². The zero-order valence-corrected chi connectivity index (χ0v) is 10.6. The van der Waals surface area contributed by atoms with Crippen LogP contribution in [0.4, 0.5) is 0 Å². The van der Waals surface area contributed by atoms with Crippen molar-refractivity contribution in [2.24, 2.45) is 16.2 Å². The molecular formula is C12H24O2. The smallest absolute Gasteiger partial charge is 0.309 e. The van der Waals surface area contributed by atoms with Crippen LogP contribution in [0, 0.1) is 16.2 Å². The van der Waals surface area contributed by atoms with Gasteiger partial charge in [-0.05, 0) is 24.2 Å². The Labute approximate surface area is 87.7 Å². The van der Waals surface area contributed by atoms with Gasteiger partial charge in [-0.15, -0.1) is 0 Å². The summed E-state index contributed by atoms with van der Waals surface area (Å²) in [5.41, 5.74) is -0.836. The normalized spacial score (nSPS) is 17.6. The first-order valence-corrected chi connectivity index (χ1v) is 5.13. The van der Waals surface area contributed by atoms with Crippen molar-refractivity contribution in [1.29, 1.82) is 0 Å². The minimum absolute atomic E-state index is 0.0421. The molecule has 0 fully saturated rings. The first kappa shape index (κ1) is 13.5. The zero-order valence-electron chi connectivity index (χ0n) is 10.6. The molecule has 1 N–H and O–H groups in total. The molecule has 2 nitrogen and oxygen atoms in total. The fourth-order valence-electron chi connectivity index (χ4n) is 1.72. The lowest BCUT2D eigenvalue weighted by molar-refractivity contribution is -0.157. The molecule has 0 aromatic rings. The highest BCUT2D eigenvalue weighted by Gasteiger charge is 2.46. The van der Waals surface area contributed by atoms with Gasteiger partial charge >= 0.3 is 5.97 Å². The zero-order chi connectivity index (χ0) is 11.8. The van der Waals surface area contributed by atoms with E-state index in [-0.39, 0.29) is 10.8 Å². The second kappa shape index (κ2) is 3.56. The van der Waals surface area contributed by atoms with E-state index in [9.17, 15) is 9.90 Å². The van der Waals surface area contributed by atoms with Gasteiger partial charge in [0.25, 0.3) is 0 Å². The Kier molecular flexibility index (Phi) is 3.42. The van der Waals surface area contributed by atoms with Crippen molar-refractivity contribution < 1.29 is 9.90 Å². The molecule has 0 amide bonds. The number of carbonyl (C=O) groups is 1. The van der Waals surface area contributed by atoms with Gasteiger partial charge in [-0.3, -0.25) is 4.79 Å². The van der Waals surface area contributed by atoms with Crippen LogP contribution in [0.3, 0.4) is 0 Å². The lowest BCUT2D eigenvalue weighted by Gasteiger charge is -2.42. The van der Waals surface area contributed by atoms with Crippen molar-refractivity contribution >= 4 is 5.97 Å². The molecule has 0 bridgehead atoms. The second-order valence-corrected chi connectivity index (χ2v) is 6.62. The first-order valence-electron chi connectivity index (χ1n) is 5.13. The molecule has 0 radical (unpaired) electrons. The Morgan fingerprint density at radius 1 is 1.00 bits per heavy atom. The van der Waals surface area contributed by atoms with Crippen molar-refractivity contribution in [3.05, 3.63) is 0 Å². The largest absolute Gasteiger partial charge is 0.481 e. The predicted molar refractivity (Wildman–Crippen MR) is 59.3 cm³/mol. The minimum Gasteiger partial charge on any atom is -0.481 e. The molecule has 0 aromatic carbocycles. The average molecular weight is 200 g/mol. The van der Waals surface area contributed by atoms with Crippen LogP contribution in [0.15, 0.2) is 0 Å². The number of rotatable bonds is 2. The maximum atomic E-state index is 11.3. The summed E-state index contributed by atoms with van der Waals surface area (Å²) in [6.07, 6.45) is 0.693. The van der Waals surface area contributed by atoms with E-state index in [1.54, 1.807) is 0 Å². The summed E-state index contributed by atoms with van der Waals surface area (Å²) >= 11 is 0. The quantitative estimate of drug-likeness (QED) is 0.740. The van der Waals surface area contributed by atoms with Crippen LogP contribution < -0.4 is 0 Å². The van der Waals surface area contributed by atoms with Crippen molar-refractivity contribution in [2.75, 3.05) is 0 Å². The Balaban J connectivity index is 5.04. The molecule has 14 heavy (non-hydrogen) atoms. The molecule has 84 valence electrons. The third-order valence-corrected chi connectivity index (χ3v) is 3.01. The van der Waals surface area contributed by atoms with Crippen molar-refractivity contribution in [3.63, 3.8) is 0 Å². The lowest BCUT2D eigenvalue weighted by Crippen LogP contribution is -2.43. The van der Waals surface area contributed by atoms with Gasteiger partial charge < -0.3 is 5.11 Å². The summed E-state index contributed by atoms with van der Waals surface area (Å²) < 4.78 is 0. The van der Waals surface area contributed by atoms with Gasteiger partial charge in [0, 0.05) is 0 Å². The number of carboxylic acids is 1. The van der Waals surface area contributed by atoms with E-state index < -0.39 is 11.4 Å². The minimum atomic E-state index is -0.695. The average Bonchev–Trinajstić information content (AvgIpc) is 1.79. The van der Waals surface area contributed by atoms with E-state index in [0.29, 0.717) is 6.42 Å². The third-order valence-electron chi connectivity index (χ3n) is 3.01. The Bertz CT molecular complexity index is 217. The monoisotopic (exact) mass is 200 g/mol. The summed E-state index contributed by atoms with van der Waals surface area (Å²) in [4.78, 5) is 11.3. The molecule has 0 aliphatic rings. The molecule has 0 saturated heterocycles. The Morgan fingerprint density at radius 3 is 1.43 bits per heavy atom. The maximum Gasteiger partial charge on any atom is 0.309 e. The van der Waals surface area contributed by atoms with Crippen molar-refractivity contribution in [3.8, 4) is 0 Å². The van der Waals surface area contributed by atoms with E-state index in [1.165, 1.54) is 0 Å². The molecule has 0 aliphatic heterocycles. The van der Waals surface area contributed by atoms with Gasteiger partial charge in [0.1, 0.15) is 0 Å². The number of aliphatic carboxylic acids is 1. The van der Waals surface area contributed by atoms with Gasteiger partial charge in [-0.2, -0.15) is 0 Å². The lowest BCUT2D eigenvalue weighted by atomic mass is 9.61. The summed E-state index contributed by atoms with van der Waals surface area (Å²) in [7, 11) is 0. The van der Waals surface area contributed by atoms with E-state index in [2.05, 4.69) is 20.8 Å². The predicted octanol–water partition coefficient (Wildman–Crippen LogP) is 3.56. The summed E-state index contributed by atoms with van der Waals surface area (Å²) in [5, 5.41) is 9.33. The van der Waals surface area contributed by atoms with Crippen LogP contribution in [0.5, 0.6) is 0 Å². The molecule has 0 aromatic heterocycles. The molecule has 1 atom stereocenters. The SMILES string of the molecule is CC(C)(C)C[C@@](C)(C(=O)O)C(C)(C)C. The van der Waals surface area contributed by atoms with E-state index in [0.717, 1.165) is 0 Å². The fraction of sp³-hybridized carbons (Fsp3) is 0.917. The fourth-order valence-corrected chi connectivity index (χ4v) is 1.72. The van der Waals surface area contributed by atoms with Gasteiger partial charge in [0.05, 0.1) is 5.41 Å². The van der Waals surface area contributed by atoms with E-state index in [4.69, 9.17) is 0 Å². The van der Waals surface area contributed by atoms with Crippen LogP contribution in [0.25, 0.3) is 0 Å². The summed E-state index contributed by atoms with van der Waals surface area (Å²) in [6, 6.07) is 0. The standard InChI is InChI=1S/C12H24O2/c1-10(2,3)8-12(7,9(13)14)11(4,5)6/h8H2,1-7H3,(H,13,14)/t12-/m0/s1. The topological polar surface area (TPSA) is 37.3 Å². The van der Waals surface area contributed by atoms with Crippen molar-refractivity contribution in [1.82, 2.24) is 0 Å². The molecule has 0 aliphatic carbocycles. The highest BCUT2D eigenvalue weighted by atomic mass is 16.4. The van der Waals surface area contributed by atoms with Gasteiger partial charge in [0.15, 0.2) is 0 Å². The van der Waals surface area contributed by atoms with E-state index in [1.807, 2.05) is 27.7 Å². The molecule has 0 spiro atoms. The van der Waals surface area contributed by atoms with E-state index >= 15 is 0 Å². The highest BCUT2D eigenvalue weighted by Crippen LogP contribution is 2.46. The van der Waals surface area contributed by atoms with Crippen LogP contribution in [-0.2, 0) is 4.79 Å². The van der Waals surface area contributed by atoms with Crippen LogP contribution >= 0.6 is 0 Å². The Morgan fingerprint density at radius 2 is 1.36 bits per heavy atom. The van der Waals surface area contributed by atoms with Crippen LogP contribution in [0.2, 0.25) is 0 Å². The molecule has 0 unspecified atom stereocenters. The number of carboxylic acid groups (broad SMARTS) is 1. The summed E-state index contributed by atoms with van der Waals surface area (Å²) in [6.45, 7) is 14.1. The molecule has 0 saturated carbocycles. The van der Waals surface area contributed by atoms with Gasteiger partial charge in [-0.25, -0.2) is 0 Å². The maximum absolute atomic E-state index is 11.3. The van der Waals surface area contributed by atoms with Crippen LogP contribution in [0.1, 0.15) is 54.9 Å². The number of hydrogen-bond donors (Lipinski definition) is 1. The first-order chi connectivity index (χ1) is 5.90. The molecule has 0 heterocycles. The summed E-state index contributed by atoms with van der Waals surface area (Å²) in [5.74, 6) is -0.695. The second-order valence-electron chi connectivity index (χ2n) is 6.62. The molecular weight excluding hydrogens is 176 g/mol. The van der Waals surface area contributed by atoms with Crippen molar-refractivity contribution in [2.45, 2.75) is 54.9 Å². The third kappa shape index (κ3) is 3.00. The van der Waals surface area contributed by atoms with Crippen LogP contribution in [-0.4, -0.2) is 11.1 Å². The Hall–Kier alpha value is -0.530. The molecule has 0 rings (SSSR count).